The fraction of sp³-hybridized carbons (Fsp3) is 0.188. The second kappa shape index (κ2) is 8.01. The molecule has 144 valence electrons. The summed E-state index contributed by atoms with van der Waals surface area (Å²) in [5, 5.41) is 20.4. The molecule has 0 aromatic heterocycles. The number of nitro benzene ring substituents is 1. The van der Waals surface area contributed by atoms with Gasteiger partial charge in [-0.2, -0.15) is 5.10 Å². The Labute approximate surface area is 155 Å². The first-order valence-electron chi connectivity index (χ1n) is 7.51. The van der Waals surface area contributed by atoms with Crippen LogP contribution in [0, 0.1) is 10.1 Å². The van der Waals surface area contributed by atoms with Crippen LogP contribution in [0.15, 0.2) is 46.4 Å². The highest BCUT2D eigenvalue weighted by atomic mass is 32.2. The lowest BCUT2D eigenvalue weighted by molar-refractivity contribution is -0.384. The normalized spacial score (nSPS) is 11.8. The molecule has 0 radical (unpaired) electrons. The minimum absolute atomic E-state index is 0.00797. The van der Waals surface area contributed by atoms with E-state index in [2.05, 4.69) is 10.5 Å². The average Bonchev–Trinajstić information content (AvgIpc) is 2.64. The Morgan fingerprint density at radius 3 is 2.44 bits per heavy atom. The first kappa shape index (κ1) is 20.1. The van der Waals surface area contributed by atoms with Gasteiger partial charge in [0, 0.05) is 11.6 Å². The highest BCUT2D eigenvalue weighted by Crippen LogP contribution is 2.28. The summed E-state index contributed by atoms with van der Waals surface area (Å²) in [5.74, 6) is 1.13. The van der Waals surface area contributed by atoms with Crippen LogP contribution in [0.2, 0.25) is 0 Å². The number of nitrogens with two attached hydrogens (primary N) is 1. The molecule has 27 heavy (non-hydrogen) atoms. The lowest BCUT2D eigenvalue weighted by Crippen LogP contribution is -2.12. The Morgan fingerprint density at radius 1 is 1.19 bits per heavy atom. The Kier molecular flexibility index (Phi) is 5.98. The molecule has 0 spiro atoms. The number of ether oxygens (including phenoxy) is 2. The fourth-order valence-corrected chi connectivity index (χ4v) is 2.77. The van der Waals surface area contributed by atoms with Gasteiger partial charge < -0.3 is 9.47 Å². The van der Waals surface area contributed by atoms with Crippen LogP contribution in [0.3, 0.4) is 0 Å². The van der Waals surface area contributed by atoms with Crippen molar-refractivity contribution in [2.24, 2.45) is 10.2 Å². The number of anilines is 1. The van der Waals surface area contributed by atoms with Crippen LogP contribution >= 0.6 is 0 Å². The maximum absolute atomic E-state index is 11.4. The van der Waals surface area contributed by atoms with Crippen LogP contribution < -0.4 is 20.0 Å². The van der Waals surface area contributed by atoms with Crippen molar-refractivity contribution in [2.45, 2.75) is 11.8 Å². The molecule has 2 rings (SSSR count). The zero-order chi connectivity index (χ0) is 20.2. The minimum Gasteiger partial charge on any atom is -0.497 e. The van der Waals surface area contributed by atoms with Crippen LogP contribution in [-0.2, 0) is 10.0 Å². The van der Waals surface area contributed by atoms with Gasteiger partial charge in [-0.05, 0) is 37.3 Å². The third-order valence-electron chi connectivity index (χ3n) is 3.63. The SMILES string of the molecule is COc1ccc(OC)c(/C(C)=N/Nc2ccc(S(N)(=O)=O)cc2[N+](=O)[O-])c1. The first-order valence-corrected chi connectivity index (χ1v) is 9.06. The number of nitro groups is 1. The maximum atomic E-state index is 11.4. The molecule has 2 aromatic rings. The number of sulfonamides is 1. The number of methoxy groups -OCH3 is 2. The van der Waals surface area contributed by atoms with Gasteiger partial charge in [0.15, 0.2) is 0 Å². The largest absolute Gasteiger partial charge is 0.497 e. The van der Waals surface area contributed by atoms with Gasteiger partial charge in [-0.3, -0.25) is 15.5 Å². The molecule has 0 bridgehead atoms. The maximum Gasteiger partial charge on any atom is 0.295 e. The smallest absolute Gasteiger partial charge is 0.295 e. The molecule has 0 aliphatic rings. The van der Waals surface area contributed by atoms with Crippen LogP contribution in [0.1, 0.15) is 12.5 Å². The van der Waals surface area contributed by atoms with E-state index < -0.39 is 20.6 Å². The van der Waals surface area contributed by atoms with Gasteiger partial charge >= 0.3 is 0 Å². The van der Waals surface area contributed by atoms with Crippen molar-refractivity contribution in [1.29, 1.82) is 0 Å². The summed E-state index contributed by atoms with van der Waals surface area (Å²) in [6.07, 6.45) is 0. The predicted octanol–water partition coefficient (Wildman–Crippen LogP) is 2.10. The lowest BCUT2D eigenvalue weighted by Gasteiger charge is -2.11. The summed E-state index contributed by atoms with van der Waals surface area (Å²) in [5.41, 5.74) is 3.19. The van der Waals surface area contributed by atoms with Crippen LogP contribution in [-0.4, -0.2) is 33.3 Å². The summed E-state index contributed by atoms with van der Waals surface area (Å²) >= 11 is 0. The molecule has 3 N–H and O–H groups in total. The van der Waals surface area contributed by atoms with Crippen molar-refractivity contribution in [3.63, 3.8) is 0 Å². The van der Waals surface area contributed by atoms with E-state index in [-0.39, 0.29) is 10.6 Å². The second-order valence-corrected chi connectivity index (χ2v) is 6.92. The molecule has 2 aromatic carbocycles. The highest BCUT2D eigenvalue weighted by molar-refractivity contribution is 7.89. The Morgan fingerprint density at radius 2 is 1.89 bits per heavy atom. The van der Waals surface area contributed by atoms with Gasteiger partial charge in [0.25, 0.3) is 5.69 Å². The van der Waals surface area contributed by atoms with E-state index >= 15 is 0 Å². The molecule has 0 amide bonds. The van der Waals surface area contributed by atoms with E-state index in [1.807, 2.05) is 0 Å². The molecule has 0 saturated heterocycles. The van der Waals surface area contributed by atoms with E-state index in [4.69, 9.17) is 14.6 Å². The Bertz CT molecular complexity index is 1000. The van der Waals surface area contributed by atoms with Crippen LogP contribution in [0.4, 0.5) is 11.4 Å². The predicted molar refractivity (Wildman–Crippen MR) is 99.8 cm³/mol. The number of nitrogens with zero attached hydrogens (tertiary/aromatic N) is 2. The van der Waals surface area contributed by atoms with Gasteiger partial charge in [0.05, 0.1) is 29.8 Å². The summed E-state index contributed by atoms with van der Waals surface area (Å²) < 4.78 is 33.2. The van der Waals surface area contributed by atoms with Crippen molar-refractivity contribution < 1.29 is 22.8 Å². The Balaban J connectivity index is 2.41. The van der Waals surface area contributed by atoms with Crippen molar-refractivity contribution in [2.75, 3.05) is 19.6 Å². The minimum atomic E-state index is -4.07. The quantitative estimate of drug-likeness (QED) is 0.415. The zero-order valence-electron chi connectivity index (χ0n) is 14.8. The molecule has 0 unspecified atom stereocenters. The molecule has 11 heteroatoms. The summed E-state index contributed by atoms with van der Waals surface area (Å²) in [7, 11) is -1.04. The third kappa shape index (κ3) is 4.71. The first-order chi connectivity index (χ1) is 12.7. The Hall–Kier alpha value is -3.18. The number of primary sulfonamides is 1. The van der Waals surface area contributed by atoms with Crippen LogP contribution in [0.25, 0.3) is 0 Å². The zero-order valence-corrected chi connectivity index (χ0v) is 15.6. The molecule has 0 heterocycles. The number of benzene rings is 2. The van der Waals surface area contributed by atoms with Gasteiger partial charge in [-0.25, -0.2) is 13.6 Å². The van der Waals surface area contributed by atoms with Gasteiger partial charge in [-0.15, -0.1) is 0 Å². The molecular formula is C16H18N4O6S. The van der Waals surface area contributed by atoms with E-state index in [1.54, 1.807) is 25.1 Å². The van der Waals surface area contributed by atoms with Crippen molar-refractivity contribution in [3.8, 4) is 11.5 Å². The second-order valence-electron chi connectivity index (χ2n) is 5.36. The van der Waals surface area contributed by atoms with Gasteiger partial charge in [0.2, 0.25) is 10.0 Å². The fourth-order valence-electron chi connectivity index (χ4n) is 2.24. The number of hydrogen-bond donors (Lipinski definition) is 2. The van der Waals surface area contributed by atoms with E-state index in [1.165, 1.54) is 20.3 Å². The molecular weight excluding hydrogens is 376 g/mol. The highest BCUT2D eigenvalue weighted by Gasteiger charge is 2.19. The average molecular weight is 394 g/mol. The molecule has 10 nitrogen and oxygen atoms in total. The molecule has 0 saturated carbocycles. The molecule has 0 fully saturated rings. The summed E-state index contributed by atoms with van der Waals surface area (Å²) in [6.45, 7) is 1.68. The molecule has 0 atom stereocenters. The van der Waals surface area contributed by atoms with Crippen molar-refractivity contribution >= 4 is 27.1 Å². The van der Waals surface area contributed by atoms with E-state index in [9.17, 15) is 18.5 Å². The van der Waals surface area contributed by atoms with Gasteiger partial charge in [-0.1, -0.05) is 0 Å². The van der Waals surface area contributed by atoms with E-state index in [0.29, 0.717) is 22.8 Å². The molecule has 0 aliphatic heterocycles. The number of hydrazone groups is 1. The topological polar surface area (TPSA) is 146 Å². The summed E-state index contributed by atoms with van der Waals surface area (Å²) in [4.78, 5) is 10.2. The third-order valence-corrected chi connectivity index (χ3v) is 4.55. The van der Waals surface area contributed by atoms with E-state index in [0.717, 1.165) is 12.1 Å². The number of nitrogens with one attached hydrogen (secondary N) is 1. The van der Waals surface area contributed by atoms with Gasteiger partial charge in [0.1, 0.15) is 17.2 Å². The lowest BCUT2D eigenvalue weighted by atomic mass is 10.1. The van der Waals surface area contributed by atoms with Crippen molar-refractivity contribution in [3.05, 3.63) is 52.1 Å². The molecule has 0 aliphatic carbocycles. The standard InChI is InChI=1S/C16H18N4O6S/c1-10(13-8-11(25-2)4-7-16(13)26-3)18-19-14-6-5-12(27(17,23)24)9-15(14)20(21)22/h4-9,19H,1-3H3,(H2,17,23,24)/b18-10+. The number of hydrogen-bond acceptors (Lipinski definition) is 8. The van der Waals surface area contributed by atoms with Crippen LogP contribution in [0.5, 0.6) is 11.5 Å². The monoisotopic (exact) mass is 394 g/mol. The summed E-state index contributed by atoms with van der Waals surface area (Å²) in [6, 6.07) is 8.38. The van der Waals surface area contributed by atoms with Crippen molar-refractivity contribution in [1.82, 2.24) is 0 Å². The number of rotatable bonds is 7.